The molecule has 2 aromatic rings. The monoisotopic (exact) mass is 382 g/mol. The van der Waals surface area contributed by atoms with Crippen LogP contribution in [0, 0.1) is 3.57 Å². The smallest absolute Gasteiger partial charge is 0.175 e. The summed E-state index contributed by atoms with van der Waals surface area (Å²) in [4.78, 5) is 0. The summed E-state index contributed by atoms with van der Waals surface area (Å²) in [6.45, 7) is 1.39. The highest BCUT2D eigenvalue weighted by Crippen LogP contribution is 2.41. The Kier molecular flexibility index (Phi) is 3.12. The van der Waals surface area contributed by atoms with Crippen molar-refractivity contribution in [1.82, 2.24) is 0 Å². The van der Waals surface area contributed by atoms with Gasteiger partial charge in [0.15, 0.2) is 5.79 Å². The molecule has 2 heterocycles. The third-order valence-electron chi connectivity index (χ3n) is 4.06. The zero-order chi connectivity index (χ0) is 13.6. The summed E-state index contributed by atoms with van der Waals surface area (Å²) in [7, 11) is 0. The molecule has 4 rings (SSSR count). The summed E-state index contributed by atoms with van der Waals surface area (Å²) in [6.07, 6.45) is 2.61. The van der Waals surface area contributed by atoms with E-state index in [0.717, 1.165) is 36.3 Å². The second-order valence-corrected chi connectivity index (χ2v) is 6.38. The van der Waals surface area contributed by atoms with Gasteiger partial charge in [0.05, 0.1) is 23.2 Å². The highest BCUT2D eigenvalue weighted by atomic mass is 127. The molecule has 2 aliphatic rings. The summed E-state index contributed by atoms with van der Waals surface area (Å²) in [5.74, 6) is 1.58. The molecule has 0 radical (unpaired) electrons. The third kappa shape index (κ3) is 2.01. The molecule has 0 unspecified atom stereocenters. The summed E-state index contributed by atoms with van der Waals surface area (Å²) in [5.41, 5.74) is 2.46. The molecule has 1 saturated heterocycles. The third-order valence-corrected chi connectivity index (χ3v) is 5.20. The van der Waals surface area contributed by atoms with E-state index in [1.165, 1.54) is 9.13 Å². The Morgan fingerprint density at radius 3 is 2.55 bits per heavy atom. The Balaban J connectivity index is 1.74. The van der Waals surface area contributed by atoms with Gasteiger partial charge in [-0.3, -0.25) is 0 Å². The molecular weight excluding hydrogens is 367 g/mol. The highest BCUT2D eigenvalue weighted by Gasteiger charge is 2.42. The van der Waals surface area contributed by atoms with Gasteiger partial charge in [-0.15, -0.1) is 0 Å². The summed E-state index contributed by atoms with van der Waals surface area (Å²) in [5, 5.41) is 0. The molecule has 0 atom stereocenters. The fourth-order valence-electron chi connectivity index (χ4n) is 3.05. The van der Waals surface area contributed by atoms with Crippen molar-refractivity contribution in [2.24, 2.45) is 0 Å². The fourth-order valence-corrected chi connectivity index (χ4v) is 4.04. The number of benzene rings is 1. The predicted molar refractivity (Wildman–Crippen MR) is 83.5 cm³/mol. The molecule has 3 nitrogen and oxygen atoms in total. The molecule has 0 N–H and O–H groups in total. The van der Waals surface area contributed by atoms with Gasteiger partial charge in [-0.1, -0.05) is 30.3 Å². The molecule has 4 heteroatoms. The van der Waals surface area contributed by atoms with E-state index in [2.05, 4.69) is 34.7 Å². The first-order valence-electron chi connectivity index (χ1n) is 6.91. The van der Waals surface area contributed by atoms with E-state index < -0.39 is 5.79 Å². The van der Waals surface area contributed by atoms with Crippen LogP contribution in [-0.2, 0) is 22.3 Å². The van der Waals surface area contributed by atoms with Crippen molar-refractivity contribution in [2.45, 2.75) is 25.0 Å². The number of hydrogen-bond donors (Lipinski definition) is 0. The van der Waals surface area contributed by atoms with Gasteiger partial charge in [0.2, 0.25) is 0 Å². The minimum absolute atomic E-state index is 0.429. The number of halogens is 1. The van der Waals surface area contributed by atoms with E-state index in [1.807, 2.05) is 18.2 Å². The zero-order valence-corrected chi connectivity index (χ0v) is 13.2. The van der Waals surface area contributed by atoms with Gasteiger partial charge in [0.25, 0.3) is 0 Å². The van der Waals surface area contributed by atoms with Gasteiger partial charge in [0.1, 0.15) is 11.5 Å². The van der Waals surface area contributed by atoms with Crippen LogP contribution in [-0.4, -0.2) is 19.0 Å². The van der Waals surface area contributed by atoms with E-state index in [-0.39, 0.29) is 0 Å². The van der Waals surface area contributed by atoms with Crippen LogP contribution in [0.2, 0.25) is 0 Å². The number of rotatable bonds is 1. The average molecular weight is 382 g/mol. The lowest BCUT2D eigenvalue weighted by Crippen LogP contribution is -2.36. The van der Waals surface area contributed by atoms with E-state index in [1.54, 1.807) is 0 Å². The molecule has 0 amide bonds. The van der Waals surface area contributed by atoms with Crippen LogP contribution in [0.3, 0.4) is 0 Å². The second kappa shape index (κ2) is 4.86. The lowest BCUT2D eigenvalue weighted by atomic mass is 9.92. The van der Waals surface area contributed by atoms with Crippen LogP contribution < -0.4 is 0 Å². The van der Waals surface area contributed by atoms with E-state index >= 15 is 0 Å². The van der Waals surface area contributed by atoms with Crippen molar-refractivity contribution in [3.63, 3.8) is 0 Å². The highest BCUT2D eigenvalue weighted by molar-refractivity contribution is 14.1. The first kappa shape index (κ1) is 12.9. The summed E-state index contributed by atoms with van der Waals surface area (Å²) < 4.78 is 19.0. The van der Waals surface area contributed by atoms with Crippen molar-refractivity contribution in [3.8, 4) is 11.3 Å². The van der Waals surface area contributed by atoms with Gasteiger partial charge >= 0.3 is 0 Å². The molecule has 20 heavy (non-hydrogen) atoms. The molecule has 104 valence electrons. The Labute approximate surface area is 131 Å². The minimum Gasteiger partial charge on any atom is -0.459 e. The Morgan fingerprint density at radius 1 is 1.05 bits per heavy atom. The maximum absolute atomic E-state index is 6.14. The lowest BCUT2D eigenvalue weighted by molar-refractivity contribution is -0.166. The number of hydrogen-bond acceptors (Lipinski definition) is 3. The van der Waals surface area contributed by atoms with Crippen molar-refractivity contribution < 1.29 is 13.9 Å². The topological polar surface area (TPSA) is 31.6 Å². The van der Waals surface area contributed by atoms with Gasteiger partial charge < -0.3 is 13.9 Å². The van der Waals surface area contributed by atoms with Crippen molar-refractivity contribution in [3.05, 3.63) is 45.2 Å². The fraction of sp³-hybridized carbons (Fsp3) is 0.375. The second-order valence-electron chi connectivity index (χ2n) is 5.30. The Hall–Kier alpha value is -0.850. The molecule has 1 aliphatic heterocycles. The van der Waals surface area contributed by atoms with Crippen molar-refractivity contribution in [1.29, 1.82) is 0 Å². The Bertz CT molecular complexity index is 627. The standard InChI is InChI=1S/C16H15IO3/c17-14-12-6-7-16(18-8-9-19-16)10-13(12)20-15(14)11-4-2-1-3-5-11/h1-5H,6-10H2. The van der Waals surface area contributed by atoms with Crippen LogP contribution in [0.1, 0.15) is 17.7 Å². The normalized spacial score (nSPS) is 20.2. The van der Waals surface area contributed by atoms with Crippen molar-refractivity contribution in [2.75, 3.05) is 13.2 Å². The first-order chi connectivity index (χ1) is 9.77. The molecule has 1 fully saturated rings. The molecule has 0 saturated carbocycles. The Morgan fingerprint density at radius 2 is 1.80 bits per heavy atom. The van der Waals surface area contributed by atoms with E-state index in [0.29, 0.717) is 13.2 Å². The first-order valence-corrected chi connectivity index (χ1v) is 7.99. The quantitative estimate of drug-likeness (QED) is 0.704. The van der Waals surface area contributed by atoms with Gasteiger partial charge in [-0.2, -0.15) is 0 Å². The zero-order valence-electron chi connectivity index (χ0n) is 11.0. The van der Waals surface area contributed by atoms with Crippen molar-refractivity contribution >= 4 is 22.6 Å². The number of ether oxygens (including phenoxy) is 2. The molecule has 1 aromatic heterocycles. The van der Waals surface area contributed by atoms with Crippen LogP contribution in [0.25, 0.3) is 11.3 Å². The van der Waals surface area contributed by atoms with E-state index in [4.69, 9.17) is 13.9 Å². The molecule has 0 bridgehead atoms. The minimum atomic E-state index is -0.429. The van der Waals surface area contributed by atoms with Gasteiger partial charge in [0, 0.05) is 17.5 Å². The van der Waals surface area contributed by atoms with Crippen LogP contribution >= 0.6 is 22.6 Å². The maximum Gasteiger partial charge on any atom is 0.175 e. The maximum atomic E-state index is 6.14. The average Bonchev–Trinajstić information content (AvgIpc) is 3.06. The SMILES string of the molecule is Ic1c(-c2ccccc2)oc2c1CCC1(C2)OCCO1. The largest absolute Gasteiger partial charge is 0.459 e. The predicted octanol–water partition coefficient (Wildman–Crippen LogP) is 3.78. The van der Waals surface area contributed by atoms with Crippen LogP contribution in [0.4, 0.5) is 0 Å². The van der Waals surface area contributed by atoms with Gasteiger partial charge in [-0.25, -0.2) is 0 Å². The number of furan rings is 1. The molecule has 1 aliphatic carbocycles. The summed E-state index contributed by atoms with van der Waals surface area (Å²) >= 11 is 2.40. The van der Waals surface area contributed by atoms with Crippen LogP contribution in [0.15, 0.2) is 34.7 Å². The molecular formula is C16H15IO3. The molecule has 1 spiro atoms. The summed E-state index contributed by atoms with van der Waals surface area (Å²) in [6, 6.07) is 10.3. The van der Waals surface area contributed by atoms with Gasteiger partial charge in [-0.05, 0) is 29.0 Å². The van der Waals surface area contributed by atoms with Crippen LogP contribution in [0.5, 0.6) is 0 Å². The lowest BCUT2D eigenvalue weighted by Gasteiger charge is -2.30. The molecule has 1 aromatic carbocycles. The van der Waals surface area contributed by atoms with E-state index in [9.17, 15) is 0 Å². The number of fused-ring (bicyclic) bond motifs is 1.